The van der Waals surface area contributed by atoms with Gasteiger partial charge >= 0.3 is 6.03 Å². The van der Waals surface area contributed by atoms with Gasteiger partial charge in [-0.3, -0.25) is 10.1 Å². The Hall–Kier alpha value is -3.22. The lowest BCUT2D eigenvalue weighted by atomic mass is 10.1. The molecule has 3 rings (SSSR count). The number of Topliss-reactive ketones (excluding diaryl/α,β-unsaturated/α-hetero) is 1. The summed E-state index contributed by atoms with van der Waals surface area (Å²) in [6.45, 7) is 0. The summed E-state index contributed by atoms with van der Waals surface area (Å²) in [6, 6.07) is 12.8. The van der Waals surface area contributed by atoms with Crippen LogP contribution in [-0.2, 0) is 6.42 Å². The van der Waals surface area contributed by atoms with Crippen LogP contribution in [0.3, 0.4) is 0 Å². The number of amides is 2. The highest BCUT2D eigenvalue weighted by molar-refractivity contribution is 5.94. The van der Waals surface area contributed by atoms with E-state index in [4.69, 9.17) is 0 Å². The summed E-state index contributed by atoms with van der Waals surface area (Å²) in [5, 5.41) is 9.29. The van der Waals surface area contributed by atoms with Crippen LogP contribution in [0.15, 0.2) is 48.7 Å². The topological polar surface area (TPSA) is 88.4 Å². The van der Waals surface area contributed by atoms with E-state index in [9.17, 15) is 9.59 Å². The molecule has 2 aromatic heterocycles. The minimum atomic E-state index is -0.363. The van der Waals surface area contributed by atoms with E-state index in [-0.39, 0.29) is 11.8 Å². The highest BCUT2D eigenvalue weighted by Gasteiger charge is 2.11. The number of nitrogens with zero attached hydrogens (tertiary/aromatic N) is 3. The van der Waals surface area contributed by atoms with Gasteiger partial charge in [0.2, 0.25) is 0 Å². The number of rotatable bonds is 5. The van der Waals surface area contributed by atoms with Gasteiger partial charge in [0.05, 0.1) is 6.20 Å². The Morgan fingerprint density at radius 2 is 1.92 bits per heavy atom. The maximum atomic E-state index is 12.3. The molecule has 24 heavy (non-hydrogen) atoms. The predicted molar refractivity (Wildman–Crippen MR) is 90.2 cm³/mol. The van der Waals surface area contributed by atoms with Crippen molar-refractivity contribution in [3.63, 3.8) is 0 Å². The van der Waals surface area contributed by atoms with E-state index in [0.29, 0.717) is 30.0 Å². The number of imidazole rings is 1. The Bertz CT molecular complexity index is 873. The largest absolute Gasteiger partial charge is 0.341 e. The first-order chi connectivity index (χ1) is 11.7. The van der Waals surface area contributed by atoms with Gasteiger partial charge in [0, 0.05) is 13.5 Å². The molecule has 1 aromatic carbocycles. The van der Waals surface area contributed by atoms with Crippen LogP contribution in [-0.4, -0.2) is 33.5 Å². The summed E-state index contributed by atoms with van der Waals surface area (Å²) in [5.74, 6) is 0.339. The fourth-order valence-corrected chi connectivity index (χ4v) is 2.30. The minimum absolute atomic E-state index is 0.0322. The molecule has 2 heterocycles. The molecule has 0 unspecified atom stereocenters. The van der Waals surface area contributed by atoms with Crippen LogP contribution in [0, 0.1) is 0 Å². The van der Waals surface area contributed by atoms with Gasteiger partial charge in [0.1, 0.15) is 5.69 Å². The molecule has 0 spiro atoms. The molecular formula is C17H17N5O2. The van der Waals surface area contributed by atoms with Crippen LogP contribution in [0.25, 0.3) is 5.65 Å². The Labute approximate surface area is 138 Å². The zero-order chi connectivity index (χ0) is 16.9. The molecular weight excluding hydrogens is 306 g/mol. The second-order valence-electron chi connectivity index (χ2n) is 5.26. The van der Waals surface area contributed by atoms with Gasteiger partial charge in [0.15, 0.2) is 17.2 Å². The van der Waals surface area contributed by atoms with Crippen LogP contribution in [0.1, 0.15) is 22.5 Å². The van der Waals surface area contributed by atoms with Gasteiger partial charge < -0.3 is 5.32 Å². The number of carbonyl (C=O) groups is 2. The highest BCUT2D eigenvalue weighted by Crippen LogP contribution is 2.11. The Morgan fingerprint density at radius 3 is 2.67 bits per heavy atom. The quantitative estimate of drug-likeness (QED) is 0.705. The first kappa shape index (κ1) is 15.7. The van der Waals surface area contributed by atoms with Crippen molar-refractivity contribution in [2.24, 2.45) is 0 Å². The van der Waals surface area contributed by atoms with Gasteiger partial charge in [-0.15, -0.1) is 0 Å². The van der Waals surface area contributed by atoms with Crippen molar-refractivity contribution in [2.45, 2.75) is 12.8 Å². The molecule has 0 saturated heterocycles. The first-order valence-electron chi connectivity index (χ1n) is 7.58. The molecule has 0 aliphatic carbocycles. The van der Waals surface area contributed by atoms with E-state index < -0.39 is 0 Å². The normalized spacial score (nSPS) is 10.5. The van der Waals surface area contributed by atoms with Crippen LogP contribution in [0.5, 0.6) is 0 Å². The molecule has 0 radical (unpaired) electrons. The van der Waals surface area contributed by atoms with Crippen molar-refractivity contribution < 1.29 is 9.59 Å². The zero-order valence-corrected chi connectivity index (χ0v) is 13.2. The number of hydrogen-bond donors (Lipinski definition) is 2. The molecule has 2 N–H and O–H groups in total. The lowest BCUT2D eigenvalue weighted by Gasteiger charge is -2.01. The van der Waals surface area contributed by atoms with Crippen LogP contribution < -0.4 is 10.6 Å². The van der Waals surface area contributed by atoms with Crippen LogP contribution in [0.2, 0.25) is 0 Å². The summed E-state index contributed by atoms with van der Waals surface area (Å²) in [7, 11) is 1.52. The lowest BCUT2D eigenvalue weighted by Crippen LogP contribution is -2.24. The standard InChI is InChI=1S/C17H17N5O2/c1-18-17(24)20-15-11-22-16(19-15)10-8-13(21-22)14(23)9-7-12-5-3-2-4-6-12/h2-6,8,10-11H,7,9H2,1H3,(H2,18,20,24). The lowest BCUT2D eigenvalue weighted by molar-refractivity contribution is 0.0976. The number of aryl methyl sites for hydroxylation is 1. The number of ketones is 1. The molecule has 0 aliphatic heterocycles. The molecule has 0 fully saturated rings. The fourth-order valence-electron chi connectivity index (χ4n) is 2.30. The number of anilines is 1. The van der Waals surface area contributed by atoms with Crippen molar-refractivity contribution in [2.75, 3.05) is 12.4 Å². The van der Waals surface area contributed by atoms with Gasteiger partial charge in [-0.25, -0.2) is 14.3 Å². The SMILES string of the molecule is CNC(=O)Nc1cn2nc(C(=O)CCc3ccccc3)ccc2n1. The van der Waals surface area contributed by atoms with E-state index in [1.807, 2.05) is 30.3 Å². The molecule has 0 saturated carbocycles. The summed E-state index contributed by atoms with van der Waals surface area (Å²) in [6.07, 6.45) is 2.63. The van der Waals surface area contributed by atoms with Gasteiger partial charge in [-0.1, -0.05) is 30.3 Å². The smallest absolute Gasteiger partial charge is 0.320 e. The molecule has 122 valence electrons. The van der Waals surface area contributed by atoms with Gasteiger partial charge in [0.25, 0.3) is 0 Å². The molecule has 0 bridgehead atoms. The number of hydrogen-bond acceptors (Lipinski definition) is 4. The third-order valence-electron chi connectivity index (χ3n) is 3.56. The number of nitrogens with one attached hydrogen (secondary N) is 2. The third kappa shape index (κ3) is 3.57. The van der Waals surface area contributed by atoms with E-state index in [0.717, 1.165) is 5.56 Å². The summed E-state index contributed by atoms with van der Waals surface area (Å²) >= 11 is 0. The zero-order valence-electron chi connectivity index (χ0n) is 13.2. The Morgan fingerprint density at radius 1 is 1.12 bits per heavy atom. The van der Waals surface area contributed by atoms with Crippen LogP contribution in [0.4, 0.5) is 10.6 Å². The average Bonchev–Trinajstić information content (AvgIpc) is 3.01. The van der Waals surface area contributed by atoms with E-state index in [2.05, 4.69) is 20.7 Å². The van der Waals surface area contributed by atoms with Crippen molar-refractivity contribution >= 4 is 23.3 Å². The van der Waals surface area contributed by atoms with E-state index in [1.54, 1.807) is 18.3 Å². The summed E-state index contributed by atoms with van der Waals surface area (Å²) in [5.41, 5.74) is 2.05. The Kier molecular flexibility index (Phi) is 4.51. The summed E-state index contributed by atoms with van der Waals surface area (Å²) in [4.78, 5) is 27.8. The van der Waals surface area contributed by atoms with E-state index >= 15 is 0 Å². The molecule has 2 amide bonds. The number of urea groups is 1. The number of benzene rings is 1. The predicted octanol–water partition coefficient (Wildman–Crippen LogP) is 2.30. The molecule has 0 aliphatic rings. The maximum Gasteiger partial charge on any atom is 0.320 e. The van der Waals surface area contributed by atoms with E-state index in [1.165, 1.54) is 11.6 Å². The number of fused-ring (bicyclic) bond motifs is 1. The summed E-state index contributed by atoms with van der Waals surface area (Å²) < 4.78 is 1.49. The van der Waals surface area contributed by atoms with Crippen molar-refractivity contribution in [3.05, 3.63) is 59.9 Å². The Balaban J connectivity index is 1.72. The second kappa shape index (κ2) is 6.91. The van der Waals surface area contributed by atoms with Crippen LogP contribution >= 0.6 is 0 Å². The fraction of sp³-hybridized carbons (Fsp3) is 0.176. The highest BCUT2D eigenvalue weighted by atomic mass is 16.2. The molecule has 7 heteroatoms. The van der Waals surface area contributed by atoms with Crippen molar-refractivity contribution in [1.82, 2.24) is 19.9 Å². The minimum Gasteiger partial charge on any atom is -0.341 e. The molecule has 7 nitrogen and oxygen atoms in total. The van der Waals surface area contributed by atoms with Gasteiger partial charge in [-0.2, -0.15) is 5.10 Å². The average molecular weight is 323 g/mol. The monoisotopic (exact) mass is 323 g/mol. The molecule has 0 atom stereocenters. The third-order valence-corrected chi connectivity index (χ3v) is 3.56. The molecule has 3 aromatic rings. The van der Waals surface area contributed by atoms with Crippen molar-refractivity contribution in [1.29, 1.82) is 0 Å². The first-order valence-corrected chi connectivity index (χ1v) is 7.58. The number of aromatic nitrogens is 3. The number of carbonyl (C=O) groups excluding carboxylic acids is 2. The van der Waals surface area contributed by atoms with Crippen molar-refractivity contribution in [3.8, 4) is 0 Å². The maximum absolute atomic E-state index is 12.3. The van der Waals surface area contributed by atoms with Gasteiger partial charge in [-0.05, 0) is 24.1 Å². The second-order valence-corrected chi connectivity index (χ2v) is 5.26.